The highest BCUT2D eigenvalue weighted by Crippen LogP contribution is 2.00. The Morgan fingerprint density at radius 1 is 1.17 bits per heavy atom. The fourth-order valence-electron chi connectivity index (χ4n) is 0.831. The van der Waals surface area contributed by atoms with Crippen LogP contribution in [0.3, 0.4) is 0 Å². The summed E-state index contributed by atoms with van der Waals surface area (Å²) in [5.41, 5.74) is 0. The third-order valence-electron chi connectivity index (χ3n) is 1.50. The summed E-state index contributed by atoms with van der Waals surface area (Å²) in [7, 11) is 0. The van der Waals surface area contributed by atoms with Gasteiger partial charge in [0.05, 0.1) is 6.10 Å². The molecule has 0 bridgehead atoms. The number of rotatable bonds is 5. The van der Waals surface area contributed by atoms with Crippen LogP contribution in [-0.4, -0.2) is 11.2 Å². The first kappa shape index (κ1) is 11.4. The molecule has 0 aliphatic heterocycles. The van der Waals surface area contributed by atoms with E-state index in [1.165, 1.54) is 0 Å². The van der Waals surface area contributed by atoms with E-state index >= 15 is 0 Å². The van der Waals surface area contributed by atoms with Crippen LogP contribution >= 0.6 is 0 Å². The van der Waals surface area contributed by atoms with Crippen LogP contribution < -0.4 is 0 Å². The lowest BCUT2D eigenvalue weighted by molar-refractivity contribution is 0.226. The lowest BCUT2D eigenvalue weighted by Crippen LogP contribution is -1.99. The molecule has 0 rings (SSSR count). The fraction of sp³-hybridized carbons (Fsp3) is 0.636. The molecule has 0 aromatic carbocycles. The summed E-state index contributed by atoms with van der Waals surface area (Å²) >= 11 is 0. The summed E-state index contributed by atoms with van der Waals surface area (Å²) in [5.74, 6) is 0.523. The highest BCUT2D eigenvalue weighted by molar-refractivity contribution is 4.95. The van der Waals surface area contributed by atoms with E-state index < -0.39 is 0 Å². The molecule has 0 aliphatic rings. The van der Waals surface area contributed by atoms with Gasteiger partial charge in [-0.15, -0.1) is 0 Å². The molecule has 1 nitrogen and oxygen atoms in total. The highest BCUT2D eigenvalue weighted by atomic mass is 16.3. The molecule has 1 N–H and O–H groups in total. The predicted octanol–water partition coefficient (Wildman–Crippen LogP) is 2.92. The van der Waals surface area contributed by atoms with E-state index in [2.05, 4.69) is 26.8 Å². The van der Waals surface area contributed by atoms with E-state index in [9.17, 15) is 5.11 Å². The molecule has 1 heteroatoms. The summed E-state index contributed by atoms with van der Waals surface area (Å²) in [4.78, 5) is 0. The van der Waals surface area contributed by atoms with Crippen molar-refractivity contribution in [2.24, 2.45) is 5.92 Å². The molecule has 0 saturated carbocycles. The van der Waals surface area contributed by atoms with Crippen LogP contribution in [0.1, 0.15) is 33.6 Å². The fourth-order valence-corrected chi connectivity index (χ4v) is 0.831. The molecule has 0 aliphatic carbocycles. The second kappa shape index (κ2) is 7.11. The average molecular weight is 168 g/mol. The van der Waals surface area contributed by atoms with Crippen LogP contribution in [0, 0.1) is 5.92 Å². The number of allylic oxidation sites excluding steroid dienone is 2. The largest absolute Gasteiger partial charge is 0.389 e. The average Bonchev–Trinajstić information content (AvgIpc) is 2.01. The Labute approximate surface area is 75.8 Å². The SMILES string of the molecule is CC/C=C/CC(O)/C=C\C(C)C. The van der Waals surface area contributed by atoms with Crippen molar-refractivity contribution in [1.29, 1.82) is 0 Å². The summed E-state index contributed by atoms with van der Waals surface area (Å²) in [5, 5.41) is 9.39. The van der Waals surface area contributed by atoms with E-state index in [0.29, 0.717) is 5.92 Å². The van der Waals surface area contributed by atoms with Gasteiger partial charge in [-0.3, -0.25) is 0 Å². The topological polar surface area (TPSA) is 20.2 Å². The predicted molar refractivity (Wildman–Crippen MR) is 54.0 cm³/mol. The molecule has 0 aromatic rings. The maximum atomic E-state index is 9.39. The van der Waals surface area contributed by atoms with Gasteiger partial charge in [-0.1, -0.05) is 45.1 Å². The Morgan fingerprint density at radius 2 is 1.83 bits per heavy atom. The number of hydrogen-bond donors (Lipinski definition) is 1. The zero-order valence-electron chi connectivity index (χ0n) is 8.33. The van der Waals surface area contributed by atoms with E-state index in [0.717, 1.165) is 12.8 Å². The highest BCUT2D eigenvalue weighted by Gasteiger charge is 1.94. The molecule has 0 radical (unpaired) electrons. The standard InChI is InChI=1S/C11H20O/c1-4-5-6-7-11(12)9-8-10(2)3/h5-6,8-12H,4,7H2,1-3H3/b6-5+,9-8-. The van der Waals surface area contributed by atoms with Crippen molar-refractivity contribution < 1.29 is 5.11 Å². The van der Waals surface area contributed by atoms with Crippen LogP contribution in [0.25, 0.3) is 0 Å². The van der Waals surface area contributed by atoms with Crippen molar-refractivity contribution in [3.05, 3.63) is 24.3 Å². The van der Waals surface area contributed by atoms with Gasteiger partial charge in [-0.2, -0.15) is 0 Å². The molecular formula is C11H20O. The zero-order chi connectivity index (χ0) is 9.40. The van der Waals surface area contributed by atoms with Crippen LogP contribution in [0.5, 0.6) is 0 Å². The second-order valence-electron chi connectivity index (χ2n) is 3.31. The van der Waals surface area contributed by atoms with Gasteiger partial charge in [0.15, 0.2) is 0 Å². The van der Waals surface area contributed by atoms with Gasteiger partial charge in [-0.05, 0) is 18.8 Å². The Bertz CT molecular complexity index is 145. The van der Waals surface area contributed by atoms with Crippen molar-refractivity contribution in [2.45, 2.75) is 39.7 Å². The Balaban J connectivity index is 3.58. The lowest BCUT2D eigenvalue weighted by atomic mass is 10.1. The van der Waals surface area contributed by atoms with Crippen molar-refractivity contribution in [3.8, 4) is 0 Å². The van der Waals surface area contributed by atoms with E-state index in [-0.39, 0.29) is 6.10 Å². The van der Waals surface area contributed by atoms with Gasteiger partial charge in [-0.25, -0.2) is 0 Å². The number of aliphatic hydroxyl groups excluding tert-OH is 1. The maximum absolute atomic E-state index is 9.39. The first-order chi connectivity index (χ1) is 5.66. The van der Waals surface area contributed by atoms with Crippen molar-refractivity contribution in [1.82, 2.24) is 0 Å². The summed E-state index contributed by atoms with van der Waals surface area (Å²) in [6, 6.07) is 0. The van der Waals surface area contributed by atoms with Gasteiger partial charge in [0.25, 0.3) is 0 Å². The van der Waals surface area contributed by atoms with Crippen molar-refractivity contribution in [3.63, 3.8) is 0 Å². The van der Waals surface area contributed by atoms with Crippen molar-refractivity contribution in [2.75, 3.05) is 0 Å². The molecular weight excluding hydrogens is 148 g/mol. The van der Waals surface area contributed by atoms with E-state index in [1.807, 2.05) is 18.2 Å². The van der Waals surface area contributed by atoms with Gasteiger partial charge in [0.1, 0.15) is 0 Å². The van der Waals surface area contributed by atoms with E-state index in [4.69, 9.17) is 0 Å². The first-order valence-corrected chi connectivity index (χ1v) is 4.68. The summed E-state index contributed by atoms with van der Waals surface area (Å²) in [6.07, 6.45) is 9.46. The van der Waals surface area contributed by atoms with Crippen LogP contribution in [0.15, 0.2) is 24.3 Å². The van der Waals surface area contributed by atoms with Crippen molar-refractivity contribution >= 4 is 0 Å². The quantitative estimate of drug-likeness (QED) is 0.626. The summed E-state index contributed by atoms with van der Waals surface area (Å²) in [6.45, 7) is 6.29. The Hall–Kier alpha value is -0.560. The first-order valence-electron chi connectivity index (χ1n) is 4.68. The van der Waals surface area contributed by atoms with Crippen LogP contribution in [-0.2, 0) is 0 Å². The van der Waals surface area contributed by atoms with E-state index in [1.54, 1.807) is 0 Å². The minimum absolute atomic E-state index is 0.310. The normalized spacial score (nSPS) is 15.1. The summed E-state index contributed by atoms with van der Waals surface area (Å²) < 4.78 is 0. The smallest absolute Gasteiger partial charge is 0.0755 e. The molecule has 70 valence electrons. The molecule has 1 unspecified atom stereocenters. The molecule has 0 spiro atoms. The minimum Gasteiger partial charge on any atom is -0.389 e. The zero-order valence-corrected chi connectivity index (χ0v) is 8.33. The monoisotopic (exact) mass is 168 g/mol. The number of hydrogen-bond acceptors (Lipinski definition) is 1. The van der Waals surface area contributed by atoms with Crippen LogP contribution in [0.4, 0.5) is 0 Å². The molecule has 0 amide bonds. The Morgan fingerprint density at radius 3 is 2.33 bits per heavy atom. The molecule has 12 heavy (non-hydrogen) atoms. The molecule has 0 saturated heterocycles. The maximum Gasteiger partial charge on any atom is 0.0755 e. The molecule has 0 fully saturated rings. The number of aliphatic hydroxyl groups is 1. The molecule has 0 heterocycles. The molecule has 0 aromatic heterocycles. The van der Waals surface area contributed by atoms with Gasteiger partial charge in [0.2, 0.25) is 0 Å². The lowest BCUT2D eigenvalue weighted by Gasteiger charge is -2.01. The third kappa shape index (κ3) is 7.55. The third-order valence-corrected chi connectivity index (χ3v) is 1.50. The Kier molecular flexibility index (Phi) is 6.78. The second-order valence-corrected chi connectivity index (χ2v) is 3.31. The van der Waals surface area contributed by atoms with Crippen LogP contribution in [0.2, 0.25) is 0 Å². The van der Waals surface area contributed by atoms with Gasteiger partial charge < -0.3 is 5.11 Å². The van der Waals surface area contributed by atoms with Gasteiger partial charge in [0, 0.05) is 0 Å². The van der Waals surface area contributed by atoms with Gasteiger partial charge >= 0.3 is 0 Å². The molecule has 1 atom stereocenters. The minimum atomic E-state index is -0.310.